The molecule has 1 amide bonds. The zero-order valence-electron chi connectivity index (χ0n) is 9.75. The highest BCUT2D eigenvalue weighted by molar-refractivity contribution is 5.94. The van der Waals surface area contributed by atoms with Crippen LogP contribution >= 0.6 is 0 Å². The van der Waals surface area contributed by atoms with Gasteiger partial charge in [-0.3, -0.25) is 4.79 Å². The topological polar surface area (TPSA) is 33.2 Å². The van der Waals surface area contributed by atoms with Crippen molar-refractivity contribution >= 4 is 5.91 Å². The van der Waals surface area contributed by atoms with E-state index in [4.69, 9.17) is 0 Å². The summed E-state index contributed by atoms with van der Waals surface area (Å²) >= 11 is 0. The van der Waals surface area contributed by atoms with Gasteiger partial charge in [0.1, 0.15) is 0 Å². The number of amides is 1. The summed E-state index contributed by atoms with van der Waals surface area (Å²) in [5.41, 5.74) is -0.880. The van der Waals surface area contributed by atoms with E-state index in [0.29, 0.717) is 0 Å². The number of rotatable bonds is 1. The second kappa shape index (κ2) is 4.99. The van der Waals surface area contributed by atoms with Gasteiger partial charge in [0, 0.05) is 24.9 Å². The lowest BCUT2D eigenvalue weighted by Crippen LogP contribution is -2.37. The molecular weight excluding hydrogens is 264 g/mol. The molecule has 0 saturated carbocycles. The van der Waals surface area contributed by atoms with Gasteiger partial charge in [-0.05, 0) is 18.6 Å². The summed E-state index contributed by atoms with van der Waals surface area (Å²) in [6, 6.07) is 2.66. The zero-order chi connectivity index (χ0) is 14.0. The van der Waals surface area contributed by atoms with E-state index in [-0.39, 0.29) is 25.1 Å². The molecule has 0 radical (unpaired) electrons. The van der Waals surface area contributed by atoms with Gasteiger partial charge >= 0.3 is 6.18 Å². The third kappa shape index (κ3) is 2.91. The van der Waals surface area contributed by atoms with Gasteiger partial charge in [-0.15, -0.1) is 0 Å². The molecule has 0 bridgehead atoms. The largest absolute Gasteiger partial charge is 0.412 e. The van der Waals surface area contributed by atoms with Crippen LogP contribution in [0.25, 0.3) is 0 Å². The fraction of sp³-hybridized carbons (Fsp3) is 0.333. The average molecular weight is 274 g/mol. The van der Waals surface area contributed by atoms with Crippen molar-refractivity contribution in [1.29, 1.82) is 0 Å². The molecule has 3 nitrogen and oxygen atoms in total. The fourth-order valence-electron chi connectivity index (χ4n) is 1.83. The van der Waals surface area contributed by atoms with Gasteiger partial charge in [-0.25, -0.2) is 4.98 Å². The molecule has 0 N–H and O–H groups in total. The summed E-state index contributed by atoms with van der Waals surface area (Å²) < 4.78 is 50.6. The van der Waals surface area contributed by atoms with E-state index in [1.807, 2.05) is 0 Å². The molecule has 0 fully saturated rings. The molecule has 0 saturated heterocycles. The lowest BCUT2D eigenvalue weighted by atomic mass is 10.1. The summed E-state index contributed by atoms with van der Waals surface area (Å²) in [5, 5.41) is 0. The first-order chi connectivity index (χ1) is 8.89. The number of alkyl halides is 3. The number of hydrogen-bond acceptors (Lipinski definition) is 2. The van der Waals surface area contributed by atoms with Gasteiger partial charge in [0.2, 0.25) is 5.95 Å². The third-order valence-corrected chi connectivity index (χ3v) is 2.85. The number of aromatic nitrogens is 1. The van der Waals surface area contributed by atoms with Crippen LogP contribution in [0.15, 0.2) is 30.0 Å². The van der Waals surface area contributed by atoms with Crippen molar-refractivity contribution in [1.82, 2.24) is 9.88 Å². The highest BCUT2D eigenvalue weighted by atomic mass is 19.4. The standard InChI is InChI=1S/C12H10F4N2O/c13-10-9(2-1-5-17-10)11(19)18-6-3-8(4-7-18)12(14,15)16/h1-3,5H,4,6-7H2. The van der Waals surface area contributed by atoms with Crippen LogP contribution in [0.2, 0.25) is 0 Å². The Morgan fingerprint density at radius 3 is 2.63 bits per heavy atom. The van der Waals surface area contributed by atoms with Gasteiger partial charge < -0.3 is 4.90 Å². The van der Waals surface area contributed by atoms with Gasteiger partial charge in [-0.1, -0.05) is 6.08 Å². The summed E-state index contributed by atoms with van der Waals surface area (Å²) in [6.45, 7) is -0.263. The number of nitrogens with zero attached hydrogens (tertiary/aromatic N) is 2. The maximum absolute atomic E-state index is 13.3. The van der Waals surface area contributed by atoms with Crippen LogP contribution in [0, 0.1) is 5.95 Å². The van der Waals surface area contributed by atoms with Gasteiger partial charge in [-0.2, -0.15) is 17.6 Å². The molecule has 0 unspecified atom stereocenters. The minimum absolute atomic E-state index is 0.0848. The third-order valence-electron chi connectivity index (χ3n) is 2.85. The highest BCUT2D eigenvalue weighted by Gasteiger charge is 2.35. The molecule has 1 aliphatic rings. The number of hydrogen-bond donors (Lipinski definition) is 0. The molecule has 2 heterocycles. The summed E-state index contributed by atoms with van der Waals surface area (Å²) in [4.78, 5) is 16.4. The lowest BCUT2D eigenvalue weighted by molar-refractivity contribution is -0.0957. The molecule has 0 aromatic carbocycles. The molecular formula is C12H10F4N2O. The molecule has 2 rings (SSSR count). The zero-order valence-corrected chi connectivity index (χ0v) is 9.75. The minimum atomic E-state index is -4.37. The second-order valence-corrected chi connectivity index (χ2v) is 4.07. The van der Waals surface area contributed by atoms with E-state index in [9.17, 15) is 22.4 Å². The Kier molecular flexibility index (Phi) is 3.55. The maximum Gasteiger partial charge on any atom is 0.412 e. The van der Waals surface area contributed by atoms with Crippen molar-refractivity contribution in [2.75, 3.05) is 13.1 Å². The molecule has 1 aliphatic heterocycles. The van der Waals surface area contributed by atoms with Crippen LogP contribution in [-0.4, -0.2) is 35.1 Å². The van der Waals surface area contributed by atoms with Crippen molar-refractivity contribution in [3.05, 3.63) is 41.5 Å². The first kappa shape index (κ1) is 13.5. The SMILES string of the molecule is O=C(c1cccnc1F)N1CC=C(C(F)(F)F)CC1. The molecule has 1 aromatic rings. The normalized spacial score (nSPS) is 16.2. The summed E-state index contributed by atoms with van der Waals surface area (Å²) in [6.07, 6.45) is -2.49. The van der Waals surface area contributed by atoms with Crippen LogP contribution in [-0.2, 0) is 0 Å². The maximum atomic E-state index is 13.3. The van der Waals surface area contributed by atoms with Crippen LogP contribution in [0.5, 0.6) is 0 Å². The Morgan fingerprint density at radius 2 is 2.11 bits per heavy atom. The van der Waals surface area contributed by atoms with E-state index < -0.39 is 23.6 Å². The Bertz CT molecular complexity index is 525. The monoisotopic (exact) mass is 274 g/mol. The predicted molar refractivity (Wildman–Crippen MR) is 58.9 cm³/mol. The second-order valence-electron chi connectivity index (χ2n) is 4.07. The van der Waals surface area contributed by atoms with E-state index >= 15 is 0 Å². The predicted octanol–water partition coefficient (Wildman–Crippen LogP) is 2.56. The first-order valence-corrected chi connectivity index (χ1v) is 5.55. The van der Waals surface area contributed by atoms with E-state index in [1.165, 1.54) is 18.3 Å². The van der Waals surface area contributed by atoms with Gasteiger partial charge in [0.05, 0.1) is 5.56 Å². The van der Waals surface area contributed by atoms with E-state index in [1.54, 1.807) is 0 Å². The average Bonchev–Trinajstić information content (AvgIpc) is 2.38. The molecule has 19 heavy (non-hydrogen) atoms. The van der Waals surface area contributed by atoms with E-state index in [0.717, 1.165) is 11.0 Å². The highest BCUT2D eigenvalue weighted by Crippen LogP contribution is 2.30. The van der Waals surface area contributed by atoms with Crippen molar-refractivity contribution in [3.63, 3.8) is 0 Å². The number of carbonyl (C=O) groups is 1. The molecule has 7 heteroatoms. The van der Waals surface area contributed by atoms with E-state index in [2.05, 4.69) is 4.98 Å². The van der Waals surface area contributed by atoms with Crippen molar-refractivity contribution in [2.24, 2.45) is 0 Å². The van der Waals surface area contributed by atoms with Crippen molar-refractivity contribution in [2.45, 2.75) is 12.6 Å². The van der Waals surface area contributed by atoms with Crippen LogP contribution < -0.4 is 0 Å². The van der Waals surface area contributed by atoms with Gasteiger partial charge in [0.25, 0.3) is 5.91 Å². The quantitative estimate of drug-likeness (QED) is 0.448. The molecule has 102 valence electrons. The molecule has 0 atom stereocenters. The smallest absolute Gasteiger partial charge is 0.334 e. The molecule has 0 spiro atoms. The Morgan fingerprint density at radius 1 is 1.37 bits per heavy atom. The van der Waals surface area contributed by atoms with Crippen LogP contribution in [0.1, 0.15) is 16.8 Å². The van der Waals surface area contributed by atoms with Crippen molar-refractivity contribution in [3.8, 4) is 0 Å². The van der Waals surface area contributed by atoms with Crippen LogP contribution in [0.3, 0.4) is 0 Å². The Hall–Kier alpha value is -1.92. The number of carbonyl (C=O) groups excluding carboxylic acids is 1. The van der Waals surface area contributed by atoms with Crippen molar-refractivity contribution < 1.29 is 22.4 Å². The molecule has 0 aliphatic carbocycles. The summed E-state index contributed by atoms with van der Waals surface area (Å²) in [5.74, 6) is -1.57. The van der Waals surface area contributed by atoms with Gasteiger partial charge in [0.15, 0.2) is 0 Å². The Balaban J connectivity index is 2.13. The lowest BCUT2D eigenvalue weighted by Gasteiger charge is -2.27. The first-order valence-electron chi connectivity index (χ1n) is 5.55. The summed E-state index contributed by atoms with van der Waals surface area (Å²) in [7, 11) is 0. The number of halogens is 4. The Labute approximate surface area is 106 Å². The fourth-order valence-corrected chi connectivity index (χ4v) is 1.83. The number of pyridine rings is 1. The molecule has 1 aromatic heterocycles. The van der Waals surface area contributed by atoms with Crippen LogP contribution in [0.4, 0.5) is 17.6 Å². The minimum Gasteiger partial charge on any atom is -0.334 e.